The summed E-state index contributed by atoms with van der Waals surface area (Å²) in [5, 5.41) is 0. The Labute approximate surface area is 138 Å². The first-order valence-electron chi connectivity index (χ1n) is 8.15. The molecule has 122 valence electrons. The normalized spacial score (nSPS) is 10.6. The van der Waals surface area contributed by atoms with E-state index in [1.165, 1.54) is 5.56 Å². The van der Waals surface area contributed by atoms with E-state index in [0.29, 0.717) is 6.54 Å². The lowest BCUT2D eigenvalue weighted by atomic mass is 10.2. The summed E-state index contributed by atoms with van der Waals surface area (Å²) in [6, 6.07) is 18.1. The molecule has 0 heterocycles. The van der Waals surface area contributed by atoms with Gasteiger partial charge in [0.25, 0.3) is 5.91 Å². The van der Waals surface area contributed by atoms with Crippen molar-refractivity contribution in [3.8, 4) is 5.75 Å². The molecule has 1 amide bonds. The average molecular weight is 311 g/mol. The zero-order valence-corrected chi connectivity index (χ0v) is 14.2. The van der Waals surface area contributed by atoms with Gasteiger partial charge in [-0.25, -0.2) is 0 Å². The van der Waals surface area contributed by atoms with Crippen LogP contribution in [-0.4, -0.2) is 23.5 Å². The Kier molecular flexibility index (Phi) is 6.21. The number of rotatable bonds is 7. The Balaban J connectivity index is 1.98. The summed E-state index contributed by atoms with van der Waals surface area (Å²) >= 11 is 0. The second-order valence-corrected chi connectivity index (χ2v) is 5.89. The monoisotopic (exact) mass is 311 g/mol. The first-order valence-corrected chi connectivity index (χ1v) is 8.15. The van der Waals surface area contributed by atoms with Gasteiger partial charge < -0.3 is 9.64 Å². The molecule has 0 spiro atoms. The van der Waals surface area contributed by atoms with Crippen LogP contribution in [0.2, 0.25) is 0 Å². The average Bonchev–Trinajstić information content (AvgIpc) is 2.58. The van der Waals surface area contributed by atoms with Gasteiger partial charge >= 0.3 is 0 Å². The van der Waals surface area contributed by atoms with E-state index in [-0.39, 0.29) is 18.6 Å². The van der Waals surface area contributed by atoms with Gasteiger partial charge in [-0.2, -0.15) is 0 Å². The predicted molar refractivity (Wildman–Crippen MR) is 93.4 cm³/mol. The number of nitrogens with zero attached hydrogens (tertiary/aromatic N) is 1. The van der Waals surface area contributed by atoms with E-state index >= 15 is 0 Å². The second kappa shape index (κ2) is 8.37. The minimum absolute atomic E-state index is 0.00533. The Bertz CT molecular complexity index is 623. The van der Waals surface area contributed by atoms with Crippen LogP contribution in [0.15, 0.2) is 54.6 Å². The smallest absolute Gasteiger partial charge is 0.261 e. The highest BCUT2D eigenvalue weighted by Gasteiger charge is 2.17. The van der Waals surface area contributed by atoms with Crippen molar-refractivity contribution in [2.45, 2.75) is 39.8 Å². The number of ether oxygens (including phenoxy) is 1. The number of aryl methyl sites for hydroxylation is 1. The van der Waals surface area contributed by atoms with Gasteiger partial charge in [0.2, 0.25) is 0 Å². The molecule has 0 unspecified atom stereocenters. The van der Waals surface area contributed by atoms with E-state index in [1.54, 1.807) is 0 Å². The Morgan fingerprint density at radius 3 is 2.39 bits per heavy atom. The molecule has 0 saturated heterocycles. The summed E-state index contributed by atoms with van der Waals surface area (Å²) in [6.45, 7) is 6.83. The third-order valence-electron chi connectivity index (χ3n) is 3.81. The molecule has 0 saturated carbocycles. The van der Waals surface area contributed by atoms with Crippen LogP contribution in [0.1, 0.15) is 31.9 Å². The number of carbonyl (C=O) groups excluding carboxylic acids is 1. The maximum atomic E-state index is 12.5. The van der Waals surface area contributed by atoms with Crippen LogP contribution in [0.25, 0.3) is 0 Å². The molecular formula is C20H25NO2. The van der Waals surface area contributed by atoms with Crippen LogP contribution in [0, 0.1) is 0 Å². The van der Waals surface area contributed by atoms with Crippen LogP contribution < -0.4 is 4.74 Å². The molecule has 0 atom stereocenters. The third-order valence-corrected chi connectivity index (χ3v) is 3.81. The molecule has 0 N–H and O–H groups in total. The summed E-state index contributed by atoms with van der Waals surface area (Å²) < 4.78 is 5.69. The van der Waals surface area contributed by atoms with Crippen LogP contribution >= 0.6 is 0 Å². The molecule has 0 bridgehead atoms. The molecule has 0 aliphatic heterocycles. The van der Waals surface area contributed by atoms with Gasteiger partial charge in [-0.3, -0.25) is 4.79 Å². The molecule has 0 fully saturated rings. The first-order chi connectivity index (χ1) is 11.1. The molecule has 2 rings (SSSR count). The lowest BCUT2D eigenvalue weighted by Crippen LogP contribution is -2.39. The minimum atomic E-state index is 0.00533. The lowest BCUT2D eigenvalue weighted by Gasteiger charge is -2.27. The number of hydrogen-bond acceptors (Lipinski definition) is 2. The third kappa shape index (κ3) is 5.13. The molecule has 2 aromatic carbocycles. The van der Waals surface area contributed by atoms with Crippen molar-refractivity contribution in [2.75, 3.05) is 6.61 Å². The van der Waals surface area contributed by atoms with E-state index in [4.69, 9.17) is 4.74 Å². The van der Waals surface area contributed by atoms with Gasteiger partial charge in [0.05, 0.1) is 0 Å². The number of hydrogen-bond donors (Lipinski definition) is 0. The second-order valence-electron chi connectivity index (χ2n) is 5.89. The summed E-state index contributed by atoms with van der Waals surface area (Å²) in [7, 11) is 0. The highest BCUT2D eigenvalue weighted by atomic mass is 16.5. The van der Waals surface area contributed by atoms with Gasteiger partial charge in [0.1, 0.15) is 5.75 Å². The lowest BCUT2D eigenvalue weighted by molar-refractivity contribution is -0.135. The highest BCUT2D eigenvalue weighted by Crippen LogP contribution is 2.15. The first kappa shape index (κ1) is 17.1. The van der Waals surface area contributed by atoms with Crippen LogP contribution in [0.5, 0.6) is 5.75 Å². The van der Waals surface area contributed by atoms with Gasteiger partial charge in [0.15, 0.2) is 6.61 Å². The quantitative estimate of drug-likeness (QED) is 0.771. The van der Waals surface area contributed by atoms with Crippen LogP contribution in [-0.2, 0) is 17.8 Å². The summed E-state index contributed by atoms with van der Waals surface area (Å²) in [5.41, 5.74) is 2.34. The van der Waals surface area contributed by atoms with Crippen molar-refractivity contribution in [2.24, 2.45) is 0 Å². The number of carbonyl (C=O) groups is 1. The summed E-state index contributed by atoms with van der Waals surface area (Å²) in [6.07, 6.45) is 0.956. The van der Waals surface area contributed by atoms with Crippen LogP contribution in [0.4, 0.5) is 0 Å². The molecule has 3 nitrogen and oxygen atoms in total. The van der Waals surface area contributed by atoms with Crippen LogP contribution in [0.3, 0.4) is 0 Å². The molecule has 2 aromatic rings. The van der Waals surface area contributed by atoms with Crippen molar-refractivity contribution in [1.82, 2.24) is 4.90 Å². The zero-order chi connectivity index (χ0) is 16.7. The summed E-state index contributed by atoms with van der Waals surface area (Å²) in [4.78, 5) is 14.4. The molecular weight excluding hydrogens is 286 g/mol. The molecule has 0 radical (unpaired) electrons. The van der Waals surface area contributed by atoms with Gasteiger partial charge in [-0.1, -0.05) is 49.4 Å². The van der Waals surface area contributed by atoms with E-state index < -0.39 is 0 Å². The fraction of sp³-hybridized carbons (Fsp3) is 0.350. The van der Waals surface area contributed by atoms with Crippen molar-refractivity contribution in [3.05, 3.63) is 65.7 Å². The van der Waals surface area contributed by atoms with Crippen molar-refractivity contribution >= 4 is 5.91 Å². The Morgan fingerprint density at radius 1 is 1.04 bits per heavy atom. The molecule has 0 aliphatic rings. The Hall–Kier alpha value is -2.29. The molecule has 0 aromatic heterocycles. The minimum Gasteiger partial charge on any atom is -0.484 e. The van der Waals surface area contributed by atoms with E-state index in [0.717, 1.165) is 17.7 Å². The Morgan fingerprint density at radius 2 is 1.74 bits per heavy atom. The van der Waals surface area contributed by atoms with E-state index in [1.807, 2.05) is 67.3 Å². The largest absolute Gasteiger partial charge is 0.484 e. The molecule has 0 aliphatic carbocycles. The highest BCUT2D eigenvalue weighted by molar-refractivity contribution is 5.78. The SMILES string of the molecule is CCc1cccc(OCC(=O)N(Cc2ccccc2)C(C)C)c1. The topological polar surface area (TPSA) is 29.5 Å². The van der Waals surface area contributed by atoms with Gasteiger partial charge in [-0.05, 0) is 43.5 Å². The predicted octanol–water partition coefficient (Wildman–Crippen LogP) is 4.07. The van der Waals surface area contributed by atoms with E-state index in [9.17, 15) is 4.79 Å². The van der Waals surface area contributed by atoms with Crippen molar-refractivity contribution in [3.63, 3.8) is 0 Å². The van der Waals surface area contributed by atoms with E-state index in [2.05, 4.69) is 13.0 Å². The zero-order valence-electron chi connectivity index (χ0n) is 14.2. The standard InChI is InChI=1S/C20H25NO2/c1-4-17-11-8-12-19(13-17)23-15-20(22)21(16(2)3)14-18-9-6-5-7-10-18/h5-13,16H,4,14-15H2,1-3H3. The maximum absolute atomic E-state index is 12.5. The molecule has 23 heavy (non-hydrogen) atoms. The maximum Gasteiger partial charge on any atom is 0.261 e. The van der Waals surface area contributed by atoms with Crippen molar-refractivity contribution < 1.29 is 9.53 Å². The molecule has 3 heteroatoms. The van der Waals surface area contributed by atoms with Crippen molar-refractivity contribution in [1.29, 1.82) is 0 Å². The van der Waals surface area contributed by atoms with Gasteiger partial charge in [0, 0.05) is 12.6 Å². The van der Waals surface area contributed by atoms with Gasteiger partial charge in [-0.15, -0.1) is 0 Å². The fourth-order valence-corrected chi connectivity index (χ4v) is 2.42. The number of amides is 1. The summed E-state index contributed by atoms with van der Waals surface area (Å²) in [5.74, 6) is 0.756. The fourth-order valence-electron chi connectivity index (χ4n) is 2.42. The number of benzene rings is 2.